The van der Waals surface area contributed by atoms with E-state index >= 15 is 0 Å². The lowest BCUT2D eigenvalue weighted by molar-refractivity contribution is -0.137. The molecule has 0 unspecified atom stereocenters. The first-order valence-electron chi connectivity index (χ1n) is 10.8. The van der Waals surface area contributed by atoms with Crippen LogP contribution in [0.5, 0.6) is 5.75 Å². The summed E-state index contributed by atoms with van der Waals surface area (Å²) < 4.78 is 35.4. The number of benzene rings is 1. The largest absolute Gasteiger partial charge is 0.491 e. The van der Waals surface area contributed by atoms with Crippen LogP contribution in [0.1, 0.15) is 31.4 Å². The summed E-state index contributed by atoms with van der Waals surface area (Å²) in [6.07, 6.45) is 7.58. The molecule has 1 aliphatic rings. The average Bonchev–Trinajstić information content (AvgIpc) is 3.11. The lowest BCUT2D eigenvalue weighted by atomic mass is 10.0. The molecule has 8 nitrogen and oxygen atoms in total. The number of rotatable bonds is 7. The van der Waals surface area contributed by atoms with Crippen molar-refractivity contribution in [2.75, 3.05) is 13.1 Å². The zero-order valence-electron chi connectivity index (χ0n) is 18.9. The number of carbonyl (C=O) groups is 1. The molecule has 0 radical (unpaired) electrons. The first-order chi connectivity index (χ1) is 15.7. The molecule has 0 fully saturated rings. The van der Waals surface area contributed by atoms with Crippen LogP contribution in [0.3, 0.4) is 0 Å². The van der Waals surface area contributed by atoms with Gasteiger partial charge in [-0.15, -0.1) is 0 Å². The van der Waals surface area contributed by atoms with Crippen LogP contribution in [0.15, 0.2) is 53.8 Å². The summed E-state index contributed by atoms with van der Waals surface area (Å²) in [4.78, 5) is 15.6. The molecule has 3 aromatic rings. The van der Waals surface area contributed by atoms with Crippen molar-refractivity contribution in [3.05, 3.63) is 60.1 Å². The molecule has 4 rings (SSSR count). The van der Waals surface area contributed by atoms with Gasteiger partial charge in [0.05, 0.1) is 22.7 Å². The molecule has 1 aliphatic heterocycles. The number of pyridine rings is 1. The van der Waals surface area contributed by atoms with Gasteiger partial charge in [-0.1, -0.05) is 6.08 Å². The van der Waals surface area contributed by atoms with Crippen LogP contribution in [0.25, 0.3) is 16.5 Å². The molecule has 3 heterocycles. The molecular weight excluding hydrogens is 442 g/mol. The highest BCUT2D eigenvalue weighted by atomic mass is 32.2. The predicted octanol–water partition coefficient (Wildman–Crippen LogP) is 3.69. The van der Waals surface area contributed by atoms with Crippen molar-refractivity contribution in [2.24, 2.45) is 0 Å². The second kappa shape index (κ2) is 8.99. The van der Waals surface area contributed by atoms with Gasteiger partial charge in [0.15, 0.2) is 0 Å². The topological polar surface area (TPSA) is 102 Å². The number of carboxylic acids is 1. The number of ether oxygens (including phenoxy) is 1. The van der Waals surface area contributed by atoms with Gasteiger partial charge >= 0.3 is 5.97 Å². The Bertz CT molecular complexity index is 1340. The quantitative estimate of drug-likeness (QED) is 0.566. The minimum absolute atomic E-state index is 0.00902. The van der Waals surface area contributed by atoms with Crippen molar-refractivity contribution in [2.45, 2.75) is 44.7 Å². The summed E-state index contributed by atoms with van der Waals surface area (Å²) in [5.74, 6) is -0.285. The van der Waals surface area contributed by atoms with Crippen LogP contribution in [0.2, 0.25) is 0 Å². The van der Waals surface area contributed by atoms with Crippen LogP contribution in [-0.2, 0) is 21.4 Å². The number of carboxylic acid groups (broad SMARTS) is 1. The number of hydrogen-bond acceptors (Lipinski definition) is 5. The monoisotopic (exact) mass is 469 g/mol. The van der Waals surface area contributed by atoms with Crippen molar-refractivity contribution < 1.29 is 23.1 Å². The number of aliphatic carboxylic acids is 1. The van der Waals surface area contributed by atoms with E-state index in [4.69, 9.17) is 4.74 Å². The Morgan fingerprint density at radius 3 is 2.70 bits per heavy atom. The smallest absolute Gasteiger partial charge is 0.323 e. The van der Waals surface area contributed by atoms with Crippen LogP contribution < -0.4 is 4.74 Å². The Labute approximate surface area is 193 Å². The molecule has 9 heteroatoms. The lowest BCUT2D eigenvalue weighted by Crippen LogP contribution is -2.35. The standard InChI is InChI=1S/C24H27N3O5S/c1-16(2)32-19-4-5-23(17(3)12-19)33(30,31)27-10-7-18(8-11-27)21-14-26(15-24(28)29)22-13-25-9-6-20(21)22/h4-7,9,12-14,16H,8,10-11,15H2,1-3H3,(H,28,29). The summed E-state index contributed by atoms with van der Waals surface area (Å²) in [6, 6.07) is 6.91. The maximum Gasteiger partial charge on any atom is 0.323 e. The molecule has 0 atom stereocenters. The van der Waals surface area contributed by atoms with E-state index in [-0.39, 0.29) is 24.1 Å². The summed E-state index contributed by atoms with van der Waals surface area (Å²) in [5.41, 5.74) is 3.30. The molecule has 0 bridgehead atoms. The van der Waals surface area contributed by atoms with Crippen molar-refractivity contribution >= 4 is 32.5 Å². The summed E-state index contributed by atoms with van der Waals surface area (Å²) >= 11 is 0. The highest BCUT2D eigenvalue weighted by Gasteiger charge is 2.28. The van der Waals surface area contributed by atoms with Gasteiger partial charge in [-0.25, -0.2) is 8.42 Å². The van der Waals surface area contributed by atoms with E-state index in [0.29, 0.717) is 24.3 Å². The van der Waals surface area contributed by atoms with E-state index in [2.05, 4.69) is 4.98 Å². The molecule has 1 N–H and O–H groups in total. The molecule has 33 heavy (non-hydrogen) atoms. The molecule has 0 spiro atoms. The molecule has 0 saturated carbocycles. The SMILES string of the molecule is Cc1cc(OC(C)C)ccc1S(=O)(=O)N1CC=C(c2cn(CC(=O)O)c3cnccc23)CC1. The Morgan fingerprint density at radius 1 is 1.27 bits per heavy atom. The number of nitrogens with zero attached hydrogens (tertiary/aromatic N) is 3. The molecule has 174 valence electrons. The molecule has 0 amide bonds. The number of fused-ring (bicyclic) bond motifs is 1. The molecule has 0 saturated heterocycles. The fourth-order valence-corrected chi connectivity index (χ4v) is 5.77. The lowest BCUT2D eigenvalue weighted by Gasteiger charge is -2.26. The first kappa shape index (κ1) is 23.0. The van der Waals surface area contributed by atoms with Gasteiger partial charge < -0.3 is 14.4 Å². The highest BCUT2D eigenvalue weighted by Crippen LogP contribution is 2.33. The Hall–Kier alpha value is -3.17. The minimum Gasteiger partial charge on any atom is -0.491 e. The second-order valence-corrected chi connectivity index (χ2v) is 10.3. The zero-order valence-corrected chi connectivity index (χ0v) is 19.7. The molecule has 0 aliphatic carbocycles. The third-order valence-corrected chi connectivity index (χ3v) is 7.67. The summed E-state index contributed by atoms with van der Waals surface area (Å²) in [5, 5.41) is 10.1. The number of aromatic nitrogens is 2. The van der Waals surface area contributed by atoms with E-state index in [9.17, 15) is 18.3 Å². The van der Waals surface area contributed by atoms with Gasteiger partial charge in [-0.2, -0.15) is 4.31 Å². The fraction of sp³-hybridized carbons (Fsp3) is 0.333. The summed E-state index contributed by atoms with van der Waals surface area (Å²) in [6.45, 7) is 6.05. The first-order valence-corrected chi connectivity index (χ1v) is 12.2. The van der Waals surface area contributed by atoms with Crippen LogP contribution in [-0.4, -0.2) is 52.5 Å². The zero-order chi connectivity index (χ0) is 23.8. The Balaban J connectivity index is 1.60. The van der Waals surface area contributed by atoms with E-state index in [1.165, 1.54) is 4.31 Å². The van der Waals surface area contributed by atoms with Gasteiger partial charge in [0.2, 0.25) is 10.0 Å². The van der Waals surface area contributed by atoms with Crippen molar-refractivity contribution in [3.63, 3.8) is 0 Å². The van der Waals surface area contributed by atoms with Crippen LogP contribution in [0.4, 0.5) is 0 Å². The predicted molar refractivity (Wildman–Crippen MR) is 126 cm³/mol. The highest BCUT2D eigenvalue weighted by molar-refractivity contribution is 7.89. The van der Waals surface area contributed by atoms with Gasteiger partial charge in [0, 0.05) is 36.4 Å². The van der Waals surface area contributed by atoms with Crippen molar-refractivity contribution in [1.29, 1.82) is 0 Å². The van der Waals surface area contributed by atoms with Crippen molar-refractivity contribution in [3.8, 4) is 5.75 Å². The van der Waals surface area contributed by atoms with E-state index < -0.39 is 16.0 Å². The van der Waals surface area contributed by atoms with Crippen LogP contribution >= 0.6 is 0 Å². The minimum atomic E-state index is -3.66. The molecule has 1 aromatic carbocycles. The summed E-state index contributed by atoms with van der Waals surface area (Å²) in [7, 11) is -3.66. The number of aryl methyl sites for hydroxylation is 1. The Kier molecular flexibility index (Phi) is 6.27. The maximum atomic E-state index is 13.3. The average molecular weight is 470 g/mol. The fourth-order valence-electron chi connectivity index (χ4n) is 4.18. The van der Waals surface area contributed by atoms with Crippen LogP contribution in [0, 0.1) is 6.92 Å². The van der Waals surface area contributed by atoms with E-state index in [1.807, 2.05) is 32.2 Å². The number of hydrogen-bond donors (Lipinski definition) is 1. The van der Waals surface area contributed by atoms with Gasteiger partial charge in [-0.05, 0) is 62.6 Å². The van der Waals surface area contributed by atoms with Gasteiger partial charge in [0.1, 0.15) is 12.3 Å². The normalized spacial score (nSPS) is 15.1. The third kappa shape index (κ3) is 4.65. The van der Waals surface area contributed by atoms with Crippen molar-refractivity contribution in [1.82, 2.24) is 13.9 Å². The van der Waals surface area contributed by atoms with E-state index in [0.717, 1.165) is 22.0 Å². The molecular formula is C24H27N3O5S. The van der Waals surface area contributed by atoms with Gasteiger partial charge in [-0.3, -0.25) is 9.78 Å². The van der Waals surface area contributed by atoms with E-state index in [1.54, 1.807) is 42.1 Å². The molecule has 2 aromatic heterocycles. The third-order valence-electron chi connectivity index (χ3n) is 5.64. The van der Waals surface area contributed by atoms with Gasteiger partial charge in [0.25, 0.3) is 0 Å². The number of sulfonamides is 1. The Morgan fingerprint density at radius 2 is 2.06 bits per heavy atom. The maximum absolute atomic E-state index is 13.3. The second-order valence-electron chi connectivity index (χ2n) is 8.39.